The van der Waals surface area contributed by atoms with Gasteiger partial charge in [0.2, 0.25) is 21.7 Å². The Bertz CT molecular complexity index is 1210. The number of benzene rings is 2. The van der Waals surface area contributed by atoms with Crippen LogP contribution in [-0.2, 0) is 21.4 Å². The second kappa shape index (κ2) is 9.40. The van der Waals surface area contributed by atoms with Crippen molar-refractivity contribution in [1.82, 2.24) is 19.3 Å². The van der Waals surface area contributed by atoms with E-state index in [4.69, 9.17) is 14.2 Å². The number of sulfonamides is 1. The first kappa shape index (κ1) is 23.3. The Balaban J connectivity index is 1.73. The highest BCUT2D eigenvalue weighted by Gasteiger charge is 2.19. The van der Waals surface area contributed by atoms with Gasteiger partial charge in [0, 0.05) is 38.3 Å². The van der Waals surface area contributed by atoms with Gasteiger partial charge in [-0.2, -0.15) is 0 Å². The molecule has 0 radical (unpaired) electrons. The third kappa shape index (κ3) is 4.60. The Morgan fingerprint density at radius 2 is 1.72 bits per heavy atom. The molecule has 0 aliphatic rings. The molecule has 2 aromatic carbocycles. The maximum Gasteiger partial charge on any atom is 0.242 e. The molecule has 0 unspecified atom stereocenters. The second-order valence-corrected chi connectivity index (χ2v) is 9.11. The molecule has 3 aromatic rings. The van der Waals surface area contributed by atoms with E-state index < -0.39 is 10.0 Å². The fourth-order valence-corrected chi connectivity index (χ4v) is 3.99. The van der Waals surface area contributed by atoms with Crippen LogP contribution in [-0.4, -0.2) is 69.0 Å². The van der Waals surface area contributed by atoms with Gasteiger partial charge < -0.3 is 19.5 Å². The molecule has 1 N–H and O–H groups in total. The van der Waals surface area contributed by atoms with Gasteiger partial charge in [0.15, 0.2) is 11.5 Å². The summed E-state index contributed by atoms with van der Waals surface area (Å²) in [5.74, 6) is 1.02. The van der Waals surface area contributed by atoms with E-state index in [1.165, 1.54) is 47.6 Å². The Morgan fingerprint density at radius 1 is 1.06 bits per heavy atom. The summed E-state index contributed by atoms with van der Waals surface area (Å²) in [6.45, 7) is 0.256. The highest BCUT2D eigenvalue weighted by molar-refractivity contribution is 7.89. The molecule has 0 bridgehead atoms. The van der Waals surface area contributed by atoms with Gasteiger partial charge in [-0.05, 0) is 18.2 Å². The zero-order valence-corrected chi connectivity index (χ0v) is 19.3. The standard InChI is InChI=1S/C20H25N5O6S/c1-24(2)32(27,28)14-6-7-16-15(12-14)22-23-25(16)9-8-19(26)21-13-10-17(29-3)20(31-5)18(11-13)30-4/h6-7,10-12H,8-9H2,1-5H3,(H,21,26). The molecule has 0 atom stereocenters. The molecule has 11 nitrogen and oxygen atoms in total. The first-order chi connectivity index (χ1) is 15.2. The van der Waals surface area contributed by atoms with Gasteiger partial charge in [0.1, 0.15) is 5.52 Å². The van der Waals surface area contributed by atoms with Gasteiger partial charge in [-0.3, -0.25) is 4.79 Å². The first-order valence-corrected chi connectivity index (χ1v) is 11.0. The summed E-state index contributed by atoms with van der Waals surface area (Å²) in [5, 5.41) is 10.9. The number of nitrogens with one attached hydrogen (secondary N) is 1. The molecule has 0 spiro atoms. The molecule has 0 aliphatic heterocycles. The van der Waals surface area contributed by atoms with Gasteiger partial charge in [0.25, 0.3) is 0 Å². The lowest BCUT2D eigenvalue weighted by atomic mass is 10.2. The number of anilines is 1. The van der Waals surface area contributed by atoms with E-state index in [1.807, 2.05) is 0 Å². The highest BCUT2D eigenvalue weighted by Crippen LogP contribution is 2.39. The minimum Gasteiger partial charge on any atom is -0.493 e. The zero-order chi connectivity index (χ0) is 23.5. The number of aryl methyl sites for hydroxylation is 1. The Labute approximate surface area is 185 Å². The van der Waals surface area contributed by atoms with E-state index in [1.54, 1.807) is 22.9 Å². The number of carbonyl (C=O) groups excluding carboxylic acids is 1. The Hall–Kier alpha value is -3.38. The fourth-order valence-electron chi connectivity index (χ4n) is 3.07. The number of carbonyl (C=O) groups is 1. The number of hydrogen-bond acceptors (Lipinski definition) is 8. The quantitative estimate of drug-likeness (QED) is 0.509. The lowest BCUT2D eigenvalue weighted by Gasteiger charge is -2.14. The molecule has 1 heterocycles. The minimum atomic E-state index is -3.57. The van der Waals surface area contributed by atoms with Gasteiger partial charge in [-0.25, -0.2) is 17.4 Å². The lowest BCUT2D eigenvalue weighted by molar-refractivity contribution is -0.116. The van der Waals surface area contributed by atoms with Crippen LogP contribution in [0.4, 0.5) is 5.69 Å². The number of methoxy groups -OCH3 is 3. The summed E-state index contributed by atoms with van der Waals surface area (Å²) >= 11 is 0. The normalized spacial score (nSPS) is 11.6. The van der Waals surface area contributed by atoms with Gasteiger partial charge in [-0.15, -0.1) is 5.10 Å². The lowest BCUT2D eigenvalue weighted by Crippen LogP contribution is -2.22. The molecule has 32 heavy (non-hydrogen) atoms. The van der Waals surface area contributed by atoms with Crippen LogP contribution < -0.4 is 19.5 Å². The molecule has 0 saturated heterocycles. The number of ether oxygens (including phenoxy) is 3. The molecule has 1 amide bonds. The van der Waals surface area contributed by atoms with E-state index in [2.05, 4.69) is 15.6 Å². The molecule has 12 heteroatoms. The van der Waals surface area contributed by atoms with E-state index in [9.17, 15) is 13.2 Å². The van der Waals surface area contributed by atoms with E-state index in [-0.39, 0.29) is 23.8 Å². The number of amides is 1. The summed E-state index contributed by atoms with van der Waals surface area (Å²) in [7, 11) is 3.84. The van der Waals surface area contributed by atoms with Crippen molar-refractivity contribution in [1.29, 1.82) is 0 Å². The summed E-state index contributed by atoms with van der Waals surface area (Å²) in [4.78, 5) is 12.6. The summed E-state index contributed by atoms with van der Waals surface area (Å²) < 4.78 is 43.1. The van der Waals surface area contributed by atoms with Crippen molar-refractivity contribution in [2.75, 3.05) is 40.7 Å². The Kier molecular flexibility index (Phi) is 6.84. The van der Waals surface area contributed by atoms with Crippen molar-refractivity contribution in [3.63, 3.8) is 0 Å². The predicted octanol–water partition coefficient (Wildman–Crippen LogP) is 1.74. The minimum absolute atomic E-state index is 0.118. The van der Waals surface area contributed by atoms with Crippen molar-refractivity contribution >= 4 is 32.7 Å². The number of nitrogens with zero attached hydrogens (tertiary/aromatic N) is 4. The third-order valence-corrected chi connectivity index (χ3v) is 6.57. The Morgan fingerprint density at radius 3 is 2.28 bits per heavy atom. The molecule has 0 aliphatic carbocycles. The summed E-state index contributed by atoms with van der Waals surface area (Å²) in [6, 6.07) is 7.86. The zero-order valence-electron chi connectivity index (χ0n) is 18.4. The molecule has 3 rings (SSSR count). The van der Waals surface area contributed by atoms with Crippen LogP contribution in [0.2, 0.25) is 0 Å². The molecule has 0 saturated carbocycles. The highest BCUT2D eigenvalue weighted by atomic mass is 32.2. The maximum atomic E-state index is 12.5. The number of hydrogen-bond donors (Lipinski definition) is 1. The van der Waals surface area contributed by atoms with Crippen LogP contribution in [0.15, 0.2) is 35.2 Å². The average molecular weight is 464 g/mol. The molecular weight excluding hydrogens is 438 g/mol. The fraction of sp³-hybridized carbons (Fsp3) is 0.350. The van der Waals surface area contributed by atoms with Crippen LogP contribution in [0.3, 0.4) is 0 Å². The van der Waals surface area contributed by atoms with Gasteiger partial charge in [0.05, 0.1) is 38.3 Å². The number of aromatic nitrogens is 3. The maximum absolute atomic E-state index is 12.5. The summed E-state index contributed by atoms with van der Waals surface area (Å²) in [5.41, 5.74) is 1.55. The van der Waals surface area contributed by atoms with Crippen LogP contribution in [0.1, 0.15) is 6.42 Å². The second-order valence-electron chi connectivity index (χ2n) is 6.96. The molecule has 172 valence electrons. The van der Waals surface area contributed by atoms with E-state index in [0.29, 0.717) is 34.0 Å². The van der Waals surface area contributed by atoms with E-state index >= 15 is 0 Å². The number of rotatable bonds is 9. The average Bonchev–Trinajstić information content (AvgIpc) is 3.19. The van der Waals surface area contributed by atoms with Crippen LogP contribution in [0.5, 0.6) is 17.2 Å². The first-order valence-electron chi connectivity index (χ1n) is 9.57. The molecule has 1 aromatic heterocycles. The van der Waals surface area contributed by atoms with Crippen molar-refractivity contribution in [2.24, 2.45) is 0 Å². The third-order valence-electron chi connectivity index (χ3n) is 4.76. The predicted molar refractivity (Wildman–Crippen MR) is 118 cm³/mol. The van der Waals surface area contributed by atoms with Crippen LogP contribution in [0, 0.1) is 0 Å². The van der Waals surface area contributed by atoms with Gasteiger partial charge in [-0.1, -0.05) is 5.21 Å². The monoisotopic (exact) mass is 463 g/mol. The molecular formula is C20H25N5O6S. The number of fused-ring (bicyclic) bond motifs is 1. The summed E-state index contributed by atoms with van der Waals surface area (Å²) in [6.07, 6.45) is 0.118. The van der Waals surface area contributed by atoms with Crippen molar-refractivity contribution in [3.05, 3.63) is 30.3 Å². The van der Waals surface area contributed by atoms with E-state index in [0.717, 1.165) is 4.31 Å². The molecule has 0 fully saturated rings. The van der Waals surface area contributed by atoms with Crippen LogP contribution in [0.25, 0.3) is 11.0 Å². The van der Waals surface area contributed by atoms with Gasteiger partial charge >= 0.3 is 0 Å². The van der Waals surface area contributed by atoms with Crippen LogP contribution >= 0.6 is 0 Å². The largest absolute Gasteiger partial charge is 0.493 e. The van der Waals surface area contributed by atoms with Crippen molar-refractivity contribution < 1.29 is 27.4 Å². The smallest absolute Gasteiger partial charge is 0.242 e. The van der Waals surface area contributed by atoms with Crippen molar-refractivity contribution in [3.8, 4) is 17.2 Å². The van der Waals surface area contributed by atoms with Crippen molar-refractivity contribution in [2.45, 2.75) is 17.9 Å². The SMILES string of the molecule is COc1cc(NC(=O)CCn2nnc3cc(S(=O)(=O)N(C)C)ccc32)cc(OC)c1OC. The topological polar surface area (TPSA) is 125 Å².